The maximum absolute atomic E-state index is 13.9. The first-order chi connectivity index (χ1) is 20.5. The number of fused-ring (bicyclic) bond motifs is 1. The highest BCUT2D eigenvalue weighted by atomic mass is 16.2. The van der Waals surface area contributed by atoms with E-state index in [1.807, 2.05) is 60.5 Å². The molecule has 1 saturated heterocycles. The summed E-state index contributed by atoms with van der Waals surface area (Å²) in [6, 6.07) is 25.6. The first kappa shape index (κ1) is 29.4. The number of rotatable bonds is 10. The molecule has 3 amide bonds. The fourth-order valence-electron chi connectivity index (χ4n) is 6.11. The SMILES string of the molecule is CCN(CC)Cc1cccc(NC(=O)C(NC(=O)N2CCC(c3ccccc3)CC2)C(C)c2c[nH]c3ccccc23)c1. The molecule has 2 heterocycles. The maximum Gasteiger partial charge on any atom is 0.318 e. The topological polar surface area (TPSA) is 80.5 Å². The molecule has 1 aliphatic rings. The Bertz CT molecular complexity index is 1470. The number of urea groups is 1. The molecular formula is C35H43N5O2. The van der Waals surface area contributed by atoms with E-state index in [0.717, 1.165) is 60.2 Å². The molecule has 220 valence electrons. The van der Waals surface area contributed by atoms with Crippen LogP contribution in [-0.4, -0.2) is 58.9 Å². The van der Waals surface area contributed by atoms with E-state index < -0.39 is 6.04 Å². The van der Waals surface area contributed by atoms with Gasteiger partial charge in [0, 0.05) is 48.3 Å². The summed E-state index contributed by atoms with van der Waals surface area (Å²) in [4.78, 5) is 35.0. The number of hydrogen-bond donors (Lipinski definition) is 3. The third-order valence-corrected chi connectivity index (χ3v) is 8.72. The van der Waals surface area contributed by atoms with Crippen LogP contribution in [0.4, 0.5) is 10.5 Å². The van der Waals surface area contributed by atoms with Crippen molar-refractivity contribution in [3.8, 4) is 0 Å². The summed E-state index contributed by atoms with van der Waals surface area (Å²) in [5.74, 6) is -0.0331. The first-order valence-corrected chi connectivity index (χ1v) is 15.2. The van der Waals surface area contributed by atoms with Crippen LogP contribution in [-0.2, 0) is 11.3 Å². The molecule has 1 aliphatic heterocycles. The molecule has 0 bridgehead atoms. The van der Waals surface area contributed by atoms with E-state index in [4.69, 9.17) is 0 Å². The summed E-state index contributed by atoms with van der Waals surface area (Å²) in [5, 5.41) is 7.31. The van der Waals surface area contributed by atoms with Crippen LogP contribution in [0.5, 0.6) is 0 Å². The van der Waals surface area contributed by atoms with Gasteiger partial charge in [-0.05, 0) is 66.7 Å². The van der Waals surface area contributed by atoms with Crippen LogP contribution in [0.15, 0.2) is 85.1 Å². The van der Waals surface area contributed by atoms with Crippen molar-refractivity contribution < 1.29 is 9.59 Å². The monoisotopic (exact) mass is 565 g/mol. The van der Waals surface area contributed by atoms with Crippen LogP contribution in [0.3, 0.4) is 0 Å². The maximum atomic E-state index is 13.9. The number of para-hydroxylation sites is 1. The number of hydrogen-bond acceptors (Lipinski definition) is 3. The lowest BCUT2D eigenvalue weighted by atomic mass is 9.89. The van der Waals surface area contributed by atoms with Crippen molar-refractivity contribution in [3.05, 3.63) is 102 Å². The van der Waals surface area contributed by atoms with Crippen molar-refractivity contribution in [1.82, 2.24) is 20.1 Å². The van der Waals surface area contributed by atoms with Crippen LogP contribution >= 0.6 is 0 Å². The number of H-pyrrole nitrogens is 1. The lowest BCUT2D eigenvalue weighted by Gasteiger charge is -2.34. The molecule has 0 spiro atoms. The smallest absolute Gasteiger partial charge is 0.318 e. The standard InChI is InChI=1S/C35H43N5O2/c1-4-39(5-2)24-26-12-11-15-29(22-26)37-34(41)33(25(3)31-23-36-32-17-10-9-16-30(31)32)38-35(42)40-20-18-28(19-21-40)27-13-7-6-8-14-27/h6-17,22-23,25,28,33,36H,4-5,18-21,24H2,1-3H3,(H,37,41)(H,38,42). The van der Waals surface area contributed by atoms with E-state index in [0.29, 0.717) is 19.0 Å². The van der Waals surface area contributed by atoms with Crippen LogP contribution in [0, 0.1) is 0 Å². The van der Waals surface area contributed by atoms with Crippen molar-refractivity contribution in [2.45, 2.75) is 58.0 Å². The lowest BCUT2D eigenvalue weighted by molar-refractivity contribution is -0.118. The van der Waals surface area contributed by atoms with Crippen molar-refractivity contribution in [3.63, 3.8) is 0 Å². The third kappa shape index (κ3) is 6.85. The van der Waals surface area contributed by atoms with Crippen LogP contribution in [0.1, 0.15) is 62.1 Å². The number of likely N-dealkylation sites (tertiary alicyclic amines) is 1. The van der Waals surface area contributed by atoms with Crippen LogP contribution in [0.2, 0.25) is 0 Å². The zero-order valence-corrected chi connectivity index (χ0v) is 25.0. The first-order valence-electron chi connectivity index (χ1n) is 15.2. The Morgan fingerprint density at radius 3 is 2.40 bits per heavy atom. The van der Waals surface area contributed by atoms with Crippen LogP contribution in [0.25, 0.3) is 10.9 Å². The second-order valence-electron chi connectivity index (χ2n) is 11.3. The minimum absolute atomic E-state index is 0.191. The number of nitrogens with one attached hydrogen (secondary N) is 3. The van der Waals surface area contributed by atoms with Gasteiger partial charge in [-0.15, -0.1) is 0 Å². The molecule has 42 heavy (non-hydrogen) atoms. The molecule has 1 fully saturated rings. The van der Waals surface area contributed by atoms with E-state index in [1.165, 1.54) is 5.56 Å². The zero-order chi connectivity index (χ0) is 29.5. The van der Waals surface area contributed by atoms with Gasteiger partial charge in [-0.3, -0.25) is 9.69 Å². The highest BCUT2D eigenvalue weighted by Gasteiger charge is 2.32. The van der Waals surface area contributed by atoms with Gasteiger partial charge < -0.3 is 20.5 Å². The van der Waals surface area contributed by atoms with E-state index in [-0.39, 0.29) is 17.9 Å². The van der Waals surface area contributed by atoms with Gasteiger partial charge in [-0.25, -0.2) is 4.79 Å². The van der Waals surface area contributed by atoms with Gasteiger partial charge in [0.05, 0.1) is 0 Å². The number of anilines is 1. The minimum Gasteiger partial charge on any atom is -0.361 e. The summed E-state index contributed by atoms with van der Waals surface area (Å²) in [6.45, 7) is 10.4. The van der Waals surface area contributed by atoms with Gasteiger partial charge in [0.1, 0.15) is 6.04 Å². The molecule has 5 rings (SSSR count). The van der Waals surface area contributed by atoms with E-state index in [2.05, 4.69) is 70.8 Å². The summed E-state index contributed by atoms with van der Waals surface area (Å²) >= 11 is 0. The fourth-order valence-corrected chi connectivity index (χ4v) is 6.11. The molecule has 3 N–H and O–H groups in total. The molecular weight excluding hydrogens is 522 g/mol. The average molecular weight is 566 g/mol. The zero-order valence-electron chi connectivity index (χ0n) is 25.0. The second kappa shape index (κ2) is 13.7. The number of aromatic amines is 1. The number of nitrogens with zero attached hydrogens (tertiary/aromatic N) is 2. The number of amides is 3. The summed E-state index contributed by atoms with van der Waals surface area (Å²) in [5.41, 5.74) is 5.22. The predicted molar refractivity (Wildman–Crippen MR) is 171 cm³/mol. The number of benzene rings is 3. The van der Waals surface area contributed by atoms with Gasteiger partial charge in [-0.1, -0.05) is 81.4 Å². The average Bonchev–Trinajstić information content (AvgIpc) is 3.47. The molecule has 2 atom stereocenters. The highest BCUT2D eigenvalue weighted by molar-refractivity contribution is 5.98. The van der Waals surface area contributed by atoms with Crippen molar-refractivity contribution in [2.75, 3.05) is 31.5 Å². The van der Waals surface area contributed by atoms with Crippen molar-refractivity contribution >= 4 is 28.5 Å². The van der Waals surface area contributed by atoms with Gasteiger partial charge in [0.2, 0.25) is 5.91 Å². The Hall–Kier alpha value is -4.10. The second-order valence-corrected chi connectivity index (χ2v) is 11.3. The Morgan fingerprint density at radius 1 is 0.952 bits per heavy atom. The largest absolute Gasteiger partial charge is 0.361 e. The predicted octanol–water partition coefficient (Wildman–Crippen LogP) is 6.71. The van der Waals surface area contributed by atoms with Gasteiger partial charge in [0.25, 0.3) is 0 Å². The lowest BCUT2D eigenvalue weighted by Crippen LogP contribution is -2.53. The minimum atomic E-state index is -0.755. The van der Waals surface area contributed by atoms with Crippen LogP contribution < -0.4 is 10.6 Å². The molecule has 4 aromatic rings. The van der Waals surface area contributed by atoms with E-state index in [1.54, 1.807) is 0 Å². The Kier molecular flexibility index (Phi) is 9.59. The van der Waals surface area contributed by atoms with Gasteiger partial charge in [0.15, 0.2) is 0 Å². The number of aromatic nitrogens is 1. The van der Waals surface area contributed by atoms with Crippen molar-refractivity contribution in [2.24, 2.45) is 0 Å². The van der Waals surface area contributed by atoms with Gasteiger partial charge >= 0.3 is 6.03 Å². The molecule has 1 aromatic heterocycles. The normalized spacial score (nSPS) is 15.5. The quantitative estimate of drug-likeness (QED) is 0.200. The van der Waals surface area contributed by atoms with E-state index >= 15 is 0 Å². The molecule has 7 nitrogen and oxygen atoms in total. The third-order valence-electron chi connectivity index (χ3n) is 8.72. The molecule has 3 aromatic carbocycles. The molecule has 0 radical (unpaired) electrons. The fraction of sp³-hybridized carbons (Fsp3) is 0.371. The summed E-state index contributed by atoms with van der Waals surface area (Å²) in [7, 11) is 0. The summed E-state index contributed by atoms with van der Waals surface area (Å²) in [6.07, 6.45) is 3.77. The number of piperidine rings is 1. The highest BCUT2D eigenvalue weighted by Crippen LogP contribution is 2.30. The Labute approximate surface area is 249 Å². The molecule has 7 heteroatoms. The van der Waals surface area contributed by atoms with Crippen molar-refractivity contribution in [1.29, 1.82) is 0 Å². The van der Waals surface area contributed by atoms with E-state index in [9.17, 15) is 9.59 Å². The molecule has 0 aliphatic carbocycles. The molecule has 0 saturated carbocycles. The Balaban J connectivity index is 1.33. The summed E-state index contributed by atoms with van der Waals surface area (Å²) < 4.78 is 0. The Morgan fingerprint density at radius 2 is 1.67 bits per heavy atom. The number of carbonyl (C=O) groups is 2. The van der Waals surface area contributed by atoms with Gasteiger partial charge in [-0.2, -0.15) is 0 Å². The molecule has 2 unspecified atom stereocenters. The number of carbonyl (C=O) groups excluding carboxylic acids is 2.